The molecule has 0 saturated carbocycles. The van der Waals surface area contributed by atoms with Gasteiger partial charge in [-0.15, -0.1) is 0 Å². The van der Waals surface area contributed by atoms with Gasteiger partial charge in [0.25, 0.3) is 0 Å². The molecule has 2 aromatic rings. The molecule has 3 N–H and O–H groups in total. The lowest BCUT2D eigenvalue weighted by molar-refractivity contribution is 0.386. The van der Waals surface area contributed by atoms with Crippen molar-refractivity contribution in [3.05, 3.63) is 52.8 Å². The second-order valence-electron chi connectivity index (χ2n) is 4.03. The Morgan fingerprint density at radius 3 is 2.65 bits per heavy atom. The maximum Gasteiger partial charge on any atom is 0.167 e. The number of halogens is 2. The average molecular weight is 311 g/mol. The van der Waals surface area contributed by atoms with E-state index >= 15 is 0 Å². The fourth-order valence-corrected chi connectivity index (χ4v) is 2.07. The van der Waals surface area contributed by atoms with Crippen molar-refractivity contribution in [2.45, 2.75) is 0 Å². The minimum Gasteiger partial charge on any atom is -0.494 e. The summed E-state index contributed by atoms with van der Waals surface area (Å²) in [4.78, 5) is 0.212. The molecular weight excluding hydrogens is 299 g/mol. The van der Waals surface area contributed by atoms with Crippen LogP contribution in [0.15, 0.2) is 36.4 Å². The first-order valence-electron chi connectivity index (χ1n) is 5.71. The number of rotatable bonds is 4. The summed E-state index contributed by atoms with van der Waals surface area (Å²) in [5.41, 5.74) is 7.47. The molecule has 20 heavy (non-hydrogen) atoms. The van der Waals surface area contributed by atoms with Gasteiger partial charge in [-0.2, -0.15) is 0 Å². The molecule has 6 heteroatoms. The molecule has 0 spiro atoms. The van der Waals surface area contributed by atoms with Crippen LogP contribution in [0, 0.1) is 5.82 Å². The van der Waals surface area contributed by atoms with E-state index in [9.17, 15) is 4.39 Å². The Morgan fingerprint density at radius 1 is 1.30 bits per heavy atom. The molecule has 0 saturated heterocycles. The molecular formula is C14H12ClFN2OS. The first-order chi connectivity index (χ1) is 9.51. The topological polar surface area (TPSA) is 47.3 Å². The summed E-state index contributed by atoms with van der Waals surface area (Å²) in [6.07, 6.45) is 0. The first-order valence-corrected chi connectivity index (χ1v) is 6.50. The maximum absolute atomic E-state index is 13.6. The second kappa shape index (κ2) is 6.07. The predicted molar refractivity (Wildman–Crippen MR) is 83.6 cm³/mol. The van der Waals surface area contributed by atoms with Crippen LogP contribution in [-0.4, -0.2) is 12.1 Å². The number of methoxy groups -OCH3 is 1. The smallest absolute Gasteiger partial charge is 0.167 e. The van der Waals surface area contributed by atoms with E-state index in [0.717, 1.165) is 0 Å². The Bertz CT molecular complexity index is 664. The molecule has 0 aliphatic rings. The molecule has 0 fully saturated rings. The summed E-state index contributed by atoms with van der Waals surface area (Å²) in [5.74, 6) is -0.274. The quantitative estimate of drug-likeness (QED) is 0.842. The fourth-order valence-electron chi connectivity index (χ4n) is 1.73. The highest BCUT2D eigenvalue weighted by atomic mass is 35.5. The molecule has 0 amide bonds. The van der Waals surface area contributed by atoms with Crippen molar-refractivity contribution in [2.24, 2.45) is 5.73 Å². The van der Waals surface area contributed by atoms with Gasteiger partial charge in [-0.1, -0.05) is 23.8 Å². The van der Waals surface area contributed by atoms with Gasteiger partial charge in [0.2, 0.25) is 0 Å². The number of benzene rings is 2. The third kappa shape index (κ3) is 3.18. The number of nitrogens with one attached hydrogen (secondary N) is 1. The normalized spacial score (nSPS) is 10.2. The van der Waals surface area contributed by atoms with Gasteiger partial charge >= 0.3 is 0 Å². The number of ether oxygens (including phenoxy) is 1. The van der Waals surface area contributed by atoms with Gasteiger partial charge in [0.1, 0.15) is 4.99 Å². The van der Waals surface area contributed by atoms with Crippen molar-refractivity contribution in [2.75, 3.05) is 12.4 Å². The van der Waals surface area contributed by atoms with Crippen LogP contribution in [0.1, 0.15) is 5.56 Å². The molecule has 0 aliphatic carbocycles. The Kier molecular flexibility index (Phi) is 4.42. The van der Waals surface area contributed by atoms with Gasteiger partial charge < -0.3 is 15.8 Å². The minimum absolute atomic E-state index is 0.182. The first kappa shape index (κ1) is 14.6. The minimum atomic E-state index is -0.455. The molecule has 2 aromatic carbocycles. The van der Waals surface area contributed by atoms with Crippen molar-refractivity contribution in [3.63, 3.8) is 0 Å². The number of hydrogen-bond donors (Lipinski definition) is 2. The van der Waals surface area contributed by atoms with Crippen LogP contribution in [-0.2, 0) is 0 Å². The van der Waals surface area contributed by atoms with Gasteiger partial charge in [-0.25, -0.2) is 4.39 Å². The lowest BCUT2D eigenvalue weighted by atomic mass is 10.1. The zero-order valence-corrected chi connectivity index (χ0v) is 12.2. The van der Waals surface area contributed by atoms with Crippen LogP contribution in [0.5, 0.6) is 5.75 Å². The largest absolute Gasteiger partial charge is 0.494 e. The number of nitrogens with two attached hydrogens (primary N) is 1. The van der Waals surface area contributed by atoms with E-state index in [2.05, 4.69) is 5.32 Å². The SMILES string of the molecule is COc1ccc(Nc2ccc(Cl)cc2C(N)=S)cc1F. The number of hydrogen-bond acceptors (Lipinski definition) is 3. The third-order valence-corrected chi connectivity index (χ3v) is 3.13. The fraction of sp³-hybridized carbons (Fsp3) is 0.0714. The highest BCUT2D eigenvalue weighted by Gasteiger charge is 2.08. The molecule has 0 radical (unpaired) electrons. The van der Waals surface area contributed by atoms with E-state index in [4.69, 9.17) is 34.3 Å². The lowest BCUT2D eigenvalue weighted by Crippen LogP contribution is -2.12. The van der Waals surface area contributed by atoms with E-state index in [-0.39, 0.29) is 10.7 Å². The van der Waals surface area contributed by atoms with Crippen LogP contribution >= 0.6 is 23.8 Å². The van der Waals surface area contributed by atoms with E-state index in [0.29, 0.717) is 22.0 Å². The van der Waals surface area contributed by atoms with Crippen LogP contribution in [0.4, 0.5) is 15.8 Å². The Morgan fingerprint density at radius 2 is 2.05 bits per heavy atom. The average Bonchev–Trinajstić information content (AvgIpc) is 2.41. The monoisotopic (exact) mass is 310 g/mol. The van der Waals surface area contributed by atoms with Crippen molar-refractivity contribution >= 4 is 40.2 Å². The number of thiocarbonyl (C=S) groups is 1. The van der Waals surface area contributed by atoms with Gasteiger partial charge in [0.05, 0.1) is 7.11 Å². The summed E-state index contributed by atoms with van der Waals surface area (Å²) in [5, 5.41) is 3.58. The summed E-state index contributed by atoms with van der Waals surface area (Å²) in [6, 6.07) is 9.65. The summed E-state index contributed by atoms with van der Waals surface area (Å²) >= 11 is 10.9. The van der Waals surface area contributed by atoms with Gasteiger partial charge in [-0.3, -0.25) is 0 Å². The summed E-state index contributed by atoms with van der Waals surface area (Å²) in [7, 11) is 1.41. The van der Waals surface area contributed by atoms with E-state index in [1.807, 2.05) is 0 Å². The molecule has 0 aromatic heterocycles. The molecule has 3 nitrogen and oxygen atoms in total. The lowest BCUT2D eigenvalue weighted by Gasteiger charge is -2.12. The van der Waals surface area contributed by atoms with Crippen LogP contribution in [0.2, 0.25) is 5.02 Å². The maximum atomic E-state index is 13.6. The Hall–Kier alpha value is -1.85. The molecule has 0 atom stereocenters. The zero-order chi connectivity index (χ0) is 14.7. The molecule has 104 valence electrons. The van der Waals surface area contributed by atoms with Crippen molar-refractivity contribution < 1.29 is 9.13 Å². The van der Waals surface area contributed by atoms with Crippen molar-refractivity contribution in [1.82, 2.24) is 0 Å². The van der Waals surface area contributed by atoms with Crippen molar-refractivity contribution in [1.29, 1.82) is 0 Å². The van der Waals surface area contributed by atoms with E-state index in [1.54, 1.807) is 24.3 Å². The van der Waals surface area contributed by atoms with Gasteiger partial charge in [0, 0.05) is 28.0 Å². The van der Waals surface area contributed by atoms with E-state index in [1.165, 1.54) is 19.2 Å². The molecule has 0 aliphatic heterocycles. The van der Waals surface area contributed by atoms with Gasteiger partial charge in [-0.05, 0) is 30.3 Å². The summed E-state index contributed by atoms with van der Waals surface area (Å²) < 4.78 is 18.5. The molecule has 2 rings (SSSR count). The molecule has 0 bridgehead atoms. The summed E-state index contributed by atoms with van der Waals surface area (Å²) in [6.45, 7) is 0. The van der Waals surface area contributed by atoms with Crippen LogP contribution in [0.3, 0.4) is 0 Å². The van der Waals surface area contributed by atoms with Crippen LogP contribution < -0.4 is 15.8 Å². The molecule has 0 unspecified atom stereocenters. The van der Waals surface area contributed by atoms with Crippen molar-refractivity contribution in [3.8, 4) is 5.75 Å². The zero-order valence-electron chi connectivity index (χ0n) is 10.6. The van der Waals surface area contributed by atoms with Crippen LogP contribution in [0.25, 0.3) is 0 Å². The Labute approximate surface area is 126 Å². The molecule has 0 heterocycles. The van der Waals surface area contributed by atoms with E-state index < -0.39 is 5.82 Å². The highest BCUT2D eigenvalue weighted by molar-refractivity contribution is 7.80. The predicted octanol–water partition coefficient (Wildman–Crippen LogP) is 3.87. The standard InChI is InChI=1S/C14H12ClFN2OS/c1-19-13-5-3-9(7-11(13)16)18-12-4-2-8(15)6-10(12)14(17)20/h2-7,18H,1H3,(H2,17,20). The highest BCUT2D eigenvalue weighted by Crippen LogP contribution is 2.27. The second-order valence-corrected chi connectivity index (χ2v) is 4.90. The Balaban J connectivity index is 2.35. The number of anilines is 2. The third-order valence-electron chi connectivity index (χ3n) is 2.68. The van der Waals surface area contributed by atoms with Gasteiger partial charge in [0.15, 0.2) is 11.6 Å².